The largest absolute Gasteiger partial charge is 0.355 e. The molecule has 3 heteroatoms. The van der Waals surface area contributed by atoms with Crippen molar-refractivity contribution in [3.8, 4) is 0 Å². The number of carbonyl (C=O) groups excluding carboxylic acids is 1. The van der Waals surface area contributed by atoms with Gasteiger partial charge in [0.15, 0.2) is 0 Å². The van der Waals surface area contributed by atoms with E-state index in [1.165, 1.54) is 10.5 Å². The van der Waals surface area contributed by atoms with Gasteiger partial charge in [-0.3, -0.25) is 4.79 Å². The van der Waals surface area contributed by atoms with Gasteiger partial charge in [0, 0.05) is 11.4 Å². The first-order valence-corrected chi connectivity index (χ1v) is 7.03. The predicted octanol–water partition coefficient (Wildman–Crippen LogP) is 3.25. The maximum Gasteiger partial charge on any atom is 0.230 e. The molecule has 2 nitrogen and oxygen atoms in total. The zero-order chi connectivity index (χ0) is 12.7. The summed E-state index contributed by atoms with van der Waals surface area (Å²) in [7, 11) is 0. The Morgan fingerprint density at radius 2 is 2.06 bits per heavy atom. The van der Waals surface area contributed by atoms with Crippen LogP contribution < -0.4 is 5.32 Å². The molecular formula is C14H21NOS. The number of amides is 1. The third-order valence-electron chi connectivity index (χ3n) is 2.50. The van der Waals surface area contributed by atoms with E-state index < -0.39 is 0 Å². The van der Waals surface area contributed by atoms with E-state index in [9.17, 15) is 4.79 Å². The number of carbonyl (C=O) groups is 1. The van der Waals surface area contributed by atoms with Crippen LogP contribution in [0.3, 0.4) is 0 Å². The second kappa shape index (κ2) is 7.38. The predicted molar refractivity (Wildman–Crippen MR) is 74.4 cm³/mol. The molecule has 0 aliphatic heterocycles. The third-order valence-corrected chi connectivity index (χ3v) is 3.67. The van der Waals surface area contributed by atoms with Crippen LogP contribution in [0.5, 0.6) is 0 Å². The van der Waals surface area contributed by atoms with E-state index in [1.54, 1.807) is 11.8 Å². The minimum atomic E-state index is 0.124. The van der Waals surface area contributed by atoms with E-state index in [2.05, 4.69) is 38.2 Å². The number of nitrogens with one attached hydrogen (secondary N) is 1. The van der Waals surface area contributed by atoms with Crippen LogP contribution in [0, 0.1) is 12.8 Å². The van der Waals surface area contributed by atoms with Crippen molar-refractivity contribution in [2.24, 2.45) is 5.92 Å². The zero-order valence-electron chi connectivity index (χ0n) is 10.8. The minimum absolute atomic E-state index is 0.124. The molecule has 0 radical (unpaired) electrons. The fraction of sp³-hybridized carbons (Fsp3) is 0.500. The molecule has 0 bridgehead atoms. The molecule has 0 unspecified atom stereocenters. The molecule has 0 saturated carbocycles. The van der Waals surface area contributed by atoms with Gasteiger partial charge in [-0.1, -0.05) is 32.0 Å². The fourth-order valence-electron chi connectivity index (χ4n) is 1.41. The number of thioether (sulfide) groups is 1. The van der Waals surface area contributed by atoms with Gasteiger partial charge in [0.05, 0.1) is 5.75 Å². The lowest BCUT2D eigenvalue weighted by Crippen LogP contribution is -2.26. The molecule has 1 aromatic rings. The molecule has 0 aromatic heterocycles. The summed E-state index contributed by atoms with van der Waals surface area (Å²) in [5, 5.41) is 2.94. The Kier molecular flexibility index (Phi) is 6.12. The van der Waals surface area contributed by atoms with Gasteiger partial charge < -0.3 is 5.32 Å². The summed E-state index contributed by atoms with van der Waals surface area (Å²) in [5.41, 5.74) is 1.23. The Balaban J connectivity index is 2.26. The normalized spacial score (nSPS) is 10.6. The number of benzene rings is 1. The first kappa shape index (κ1) is 14.1. The van der Waals surface area contributed by atoms with E-state index in [1.807, 2.05) is 12.1 Å². The molecule has 0 aliphatic rings. The van der Waals surface area contributed by atoms with Crippen LogP contribution in [-0.4, -0.2) is 18.2 Å². The molecule has 1 aromatic carbocycles. The van der Waals surface area contributed by atoms with Crippen molar-refractivity contribution in [2.45, 2.75) is 32.1 Å². The second-order valence-electron chi connectivity index (χ2n) is 4.59. The maximum atomic E-state index is 11.6. The van der Waals surface area contributed by atoms with E-state index in [0.717, 1.165) is 13.0 Å². The Morgan fingerprint density at radius 3 is 2.71 bits per heavy atom. The number of hydrogen-bond donors (Lipinski definition) is 1. The van der Waals surface area contributed by atoms with Crippen LogP contribution in [0.15, 0.2) is 29.2 Å². The average Bonchev–Trinajstić information content (AvgIpc) is 2.27. The number of rotatable bonds is 6. The Bertz CT molecular complexity index is 363. The van der Waals surface area contributed by atoms with Gasteiger partial charge in [0.1, 0.15) is 0 Å². The smallest absolute Gasteiger partial charge is 0.230 e. The van der Waals surface area contributed by atoms with Crippen LogP contribution in [0.2, 0.25) is 0 Å². The summed E-state index contributed by atoms with van der Waals surface area (Å²) in [5.74, 6) is 1.27. The van der Waals surface area contributed by atoms with Crippen molar-refractivity contribution in [3.63, 3.8) is 0 Å². The minimum Gasteiger partial charge on any atom is -0.355 e. The molecule has 0 fully saturated rings. The van der Waals surface area contributed by atoms with Crippen molar-refractivity contribution in [1.82, 2.24) is 5.32 Å². The first-order chi connectivity index (χ1) is 8.09. The molecule has 1 amide bonds. The Labute approximate surface area is 108 Å². The molecule has 17 heavy (non-hydrogen) atoms. The van der Waals surface area contributed by atoms with Crippen molar-refractivity contribution in [1.29, 1.82) is 0 Å². The Morgan fingerprint density at radius 1 is 1.35 bits per heavy atom. The zero-order valence-corrected chi connectivity index (χ0v) is 11.6. The second-order valence-corrected chi connectivity index (χ2v) is 5.60. The SMILES string of the molecule is Cc1ccccc1SCC(=O)NCCC(C)C. The summed E-state index contributed by atoms with van der Waals surface area (Å²) < 4.78 is 0. The van der Waals surface area contributed by atoms with Crippen LogP contribution in [0.25, 0.3) is 0 Å². The van der Waals surface area contributed by atoms with Crippen molar-refractivity contribution < 1.29 is 4.79 Å². The lowest BCUT2D eigenvalue weighted by Gasteiger charge is -2.08. The molecule has 0 saturated heterocycles. The van der Waals surface area contributed by atoms with Gasteiger partial charge in [-0.15, -0.1) is 11.8 Å². The van der Waals surface area contributed by atoms with Gasteiger partial charge >= 0.3 is 0 Å². The van der Waals surface area contributed by atoms with E-state index in [0.29, 0.717) is 11.7 Å². The first-order valence-electron chi connectivity index (χ1n) is 6.04. The van der Waals surface area contributed by atoms with Gasteiger partial charge in [-0.2, -0.15) is 0 Å². The van der Waals surface area contributed by atoms with E-state index >= 15 is 0 Å². The highest BCUT2D eigenvalue weighted by Crippen LogP contribution is 2.21. The van der Waals surface area contributed by atoms with Gasteiger partial charge in [-0.05, 0) is 30.9 Å². The van der Waals surface area contributed by atoms with Crippen LogP contribution >= 0.6 is 11.8 Å². The average molecular weight is 251 g/mol. The molecule has 1 N–H and O–H groups in total. The van der Waals surface area contributed by atoms with Crippen molar-refractivity contribution in [2.75, 3.05) is 12.3 Å². The lowest BCUT2D eigenvalue weighted by molar-refractivity contribution is -0.118. The highest BCUT2D eigenvalue weighted by Gasteiger charge is 2.04. The Hall–Kier alpha value is -0.960. The molecule has 0 aliphatic carbocycles. The molecule has 0 spiro atoms. The van der Waals surface area contributed by atoms with Crippen LogP contribution in [-0.2, 0) is 4.79 Å². The molecule has 94 valence electrons. The lowest BCUT2D eigenvalue weighted by atomic mass is 10.1. The van der Waals surface area contributed by atoms with Gasteiger partial charge in [0.25, 0.3) is 0 Å². The van der Waals surface area contributed by atoms with Crippen molar-refractivity contribution in [3.05, 3.63) is 29.8 Å². The monoisotopic (exact) mass is 251 g/mol. The van der Waals surface area contributed by atoms with Crippen LogP contribution in [0.4, 0.5) is 0 Å². The topological polar surface area (TPSA) is 29.1 Å². The molecular weight excluding hydrogens is 230 g/mol. The summed E-state index contributed by atoms with van der Waals surface area (Å²) in [6, 6.07) is 8.15. The summed E-state index contributed by atoms with van der Waals surface area (Å²) in [6.07, 6.45) is 1.04. The standard InChI is InChI=1S/C14H21NOS/c1-11(2)8-9-15-14(16)10-17-13-7-5-4-6-12(13)3/h4-7,11H,8-10H2,1-3H3,(H,15,16). The third kappa shape index (κ3) is 5.78. The van der Waals surface area contributed by atoms with Gasteiger partial charge in [0.2, 0.25) is 5.91 Å². The quantitative estimate of drug-likeness (QED) is 0.786. The number of hydrogen-bond acceptors (Lipinski definition) is 2. The molecule has 0 atom stereocenters. The van der Waals surface area contributed by atoms with Crippen molar-refractivity contribution >= 4 is 17.7 Å². The van der Waals surface area contributed by atoms with E-state index in [4.69, 9.17) is 0 Å². The van der Waals surface area contributed by atoms with E-state index in [-0.39, 0.29) is 5.91 Å². The van der Waals surface area contributed by atoms with Crippen LogP contribution in [0.1, 0.15) is 25.8 Å². The highest BCUT2D eigenvalue weighted by molar-refractivity contribution is 8.00. The fourth-order valence-corrected chi connectivity index (χ4v) is 2.27. The number of aryl methyl sites for hydroxylation is 1. The summed E-state index contributed by atoms with van der Waals surface area (Å²) in [6.45, 7) is 7.17. The summed E-state index contributed by atoms with van der Waals surface area (Å²) in [4.78, 5) is 12.8. The maximum absolute atomic E-state index is 11.6. The highest BCUT2D eigenvalue weighted by atomic mass is 32.2. The van der Waals surface area contributed by atoms with Gasteiger partial charge in [-0.25, -0.2) is 0 Å². The summed E-state index contributed by atoms with van der Waals surface area (Å²) >= 11 is 1.60. The molecule has 0 heterocycles. The molecule has 1 rings (SSSR count).